The van der Waals surface area contributed by atoms with Gasteiger partial charge in [0, 0.05) is 19.5 Å². The van der Waals surface area contributed by atoms with Crippen LogP contribution in [0.2, 0.25) is 0 Å². The van der Waals surface area contributed by atoms with E-state index in [0.717, 1.165) is 12.0 Å². The number of amides is 2. The number of carbonyl (C=O) groups is 1. The van der Waals surface area contributed by atoms with E-state index in [4.69, 9.17) is 15.2 Å². The number of hydrogen-bond donors (Lipinski definition) is 2. The highest BCUT2D eigenvalue weighted by Gasteiger charge is 2.18. The van der Waals surface area contributed by atoms with Gasteiger partial charge in [0.15, 0.2) is 11.5 Å². The van der Waals surface area contributed by atoms with E-state index in [1.54, 1.807) is 17.0 Å². The van der Waals surface area contributed by atoms with E-state index >= 15 is 0 Å². The van der Waals surface area contributed by atoms with Gasteiger partial charge in [0.1, 0.15) is 0 Å². The van der Waals surface area contributed by atoms with Crippen LogP contribution in [0.3, 0.4) is 0 Å². The molecule has 1 aromatic carbocycles. The van der Waals surface area contributed by atoms with Gasteiger partial charge in [0.05, 0.1) is 13.2 Å². The molecule has 1 aromatic rings. The topological polar surface area (TPSA) is 85.0 Å². The number of urea groups is 1. The van der Waals surface area contributed by atoms with Crippen LogP contribution in [0.5, 0.6) is 17.2 Å². The standard InChI is InChI=1S/C15H22N2O4/c1-10(2)8-17(15(16)19)9-11-6-12(18)14-13(7-11)20-4-3-5-21-14/h6-7,10,18H,3-5,8-9H2,1-2H3,(H2,16,19). The van der Waals surface area contributed by atoms with Crippen molar-refractivity contribution in [2.75, 3.05) is 19.8 Å². The summed E-state index contributed by atoms with van der Waals surface area (Å²) in [7, 11) is 0. The second-order valence-corrected chi connectivity index (χ2v) is 5.61. The van der Waals surface area contributed by atoms with Crippen LogP contribution in [0, 0.1) is 5.92 Å². The molecule has 21 heavy (non-hydrogen) atoms. The third kappa shape index (κ3) is 3.93. The third-order valence-electron chi connectivity index (χ3n) is 3.16. The van der Waals surface area contributed by atoms with Crippen molar-refractivity contribution in [3.05, 3.63) is 17.7 Å². The van der Waals surface area contributed by atoms with Gasteiger partial charge in [-0.3, -0.25) is 0 Å². The van der Waals surface area contributed by atoms with E-state index in [2.05, 4.69) is 0 Å². The number of nitrogens with zero attached hydrogens (tertiary/aromatic N) is 1. The Bertz CT molecular complexity index is 517. The Balaban J connectivity index is 2.21. The van der Waals surface area contributed by atoms with E-state index in [9.17, 15) is 9.90 Å². The van der Waals surface area contributed by atoms with Crippen LogP contribution in [0.4, 0.5) is 4.79 Å². The Hall–Kier alpha value is -2.11. The van der Waals surface area contributed by atoms with Gasteiger partial charge in [-0.05, 0) is 23.6 Å². The molecule has 1 heterocycles. The zero-order valence-electron chi connectivity index (χ0n) is 12.5. The lowest BCUT2D eigenvalue weighted by Crippen LogP contribution is -2.37. The van der Waals surface area contributed by atoms with Gasteiger partial charge < -0.3 is 25.2 Å². The predicted octanol–water partition coefficient (Wildman–Crippen LogP) is 2.09. The lowest BCUT2D eigenvalue weighted by atomic mass is 10.1. The lowest BCUT2D eigenvalue weighted by molar-refractivity contribution is 0.197. The van der Waals surface area contributed by atoms with Crippen molar-refractivity contribution >= 4 is 6.03 Å². The summed E-state index contributed by atoms with van der Waals surface area (Å²) in [6, 6.07) is 2.90. The molecule has 0 fully saturated rings. The highest BCUT2D eigenvalue weighted by molar-refractivity contribution is 5.72. The largest absolute Gasteiger partial charge is 0.504 e. The quantitative estimate of drug-likeness (QED) is 0.890. The van der Waals surface area contributed by atoms with E-state index < -0.39 is 6.03 Å². The van der Waals surface area contributed by atoms with Crippen molar-refractivity contribution in [2.24, 2.45) is 11.7 Å². The Morgan fingerprint density at radius 2 is 2.10 bits per heavy atom. The first-order valence-corrected chi connectivity index (χ1v) is 7.13. The minimum absolute atomic E-state index is 0.0263. The smallest absolute Gasteiger partial charge is 0.315 e. The normalized spacial score (nSPS) is 13.9. The van der Waals surface area contributed by atoms with Crippen LogP contribution in [-0.2, 0) is 6.54 Å². The molecule has 0 atom stereocenters. The highest BCUT2D eigenvalue weighted by atomic mass is 16.5. The van der Waals surface area contributed by atoms with Crippen molar-refractivity contribution < 1.29 is 19.4 Å². The number of nitrogens with two attached hydrogens (primary N) is 1. The lowest BCUT2D eigenvalue weighted by Gasteiger charge is -2.23. The average Bonchev–Trinajstić information content (AvgIpc) is 2.63. The molecule has 0 aliphatic carbocycles. The fourth-order valence-corrected chi connectivity index (χ4v) is 2.30. The SMILES string of the molecule is CC(C)CN(Cc1cc(O)c2c(c1)OCCCO2)C(N)=O. The second-order valence-electron chi connectivity index (χ2n) is 5.61. The van der Waals surface area contributed by atoms with E-state index in [1.807, 2.05) is 13.8 Å². The Kier molecular flexibility index (Phi) is 4.77. The van der Waals surface area contributed by atoms with Gasteiger partial charge in [-0.1, -0.05) is 13.8 Å². The molecule has 116 valence electrons. The molecular formula is C15H22N2O4. The number of fused-ring (bicyclic) bond motifs is 1. The number of hydrogen-bond acceptors (Lipinski definition) is 4. The Labute approximate surface area is 124 Å². The predicted molar refractivity (Wildman–Crippen MR) is 78.5 cm³/mol. The first kappa shape index (κ1) is 15.3. The maximum atomic E-state index is 11.5. The van der Waals surface area contributed by atoms with Gasteiger partial charge in [-0.2, -0.15) is 0 Å². The number of rotatable bonds is 4. The molecule has 0 saturated carbocycles. The van der Waals surface area contributed by atoms with Crippen molar-refractivity contribution in [1.29, 1.82) is 0 Å². The van der Waals surface area contributed by atoms with Gasteiger partial charge in [0.25, 0.3) is 0 Å². The van der Waals surface area contributed by atoms with E-state index in [1.165, 1.54) is 0 Å². The minimum atomic E-state index is -0.477. The second kappa shape index (κ2) is 6.56. The van der Waals surface area contributed by atoms with Crippen LogP contribution in [0.25, 0.3) is 0 Å². The van der Waals surface area contributed by atoms with E-state index in [-0.39, 0.29) is 5.75 Å². The summed E-state index contributed by atoms with van der Waals surface area (Å²) in [5, 5.41) is 10.1. The summed E-state index contributed by atoms with van der Waals surface area (Å²) in [5.41, 5.74) is 6.16. The average molecular weight is 294 g/mol. The minimum Gasteiger partial charge on any atom is -0.504 e. The van der Waals surface area contributed by atoms with Gasteiger partial charge >= 0.3 is 6.03 Å². The van der Waals surface area contributed by atoms with Crippen molar-refractivity contribution in [3.8, 4) is 17.2 Å². The summed E-state index contributed by atoms with van der Waals surface area (Å²) >= 11 is 0. The first-order valence-electron chi connectivity index (χ1n) is 7.13. The summed E-state index contributed by atoms with van der Waals surface area (Å²) in [5.74, 6) is 1.21. The molecule has 0 aromatic heterocycles. The summed E-state index contributed by atoms with van der Waals surface area (Å²) in [6.45, 7) is 5.98. The molecule has 0 bridgehead atoms. The van der Waals surface area contributed by atoms with Crippen LogP contribution >= 0.6 is 0 Å². The number of ether oxygens (including phenoxy) is 2. The van der Waals surface area contributed by atoms with Crippen LogP contribution in [0.1, 0.15) is 25.8 Å². The molecule has 0 radical (unpaired) electrons. The number of phenolic OH excluding ortho intramolecular Hbond substituents is 1. The fourth-order valence-electron chi connectivity index (χ4n) is 2.30. The zero-order valence-corrected chi connectivity index (χ0v) is 12.5. The summed E-state index contributed by atoms with van der Waals surface area (Å²) in [6.07, 6.45) is 0.768. The number of carbonyl (C=O) groups excluding carboxylic acids is 1. The molecule has 0 spiro atoms. The summed E-state index contributed by atoms with van der Waals surface area (Å²) < 4.78 is 11.0. The number of primary amides is 1. The maximum absolute atomic E-state index is 11.5. The van der Waals surface area contributed by atoms with Gasteiger partial charge in [-0.25, -0.2) is 4.79 Å². The molecule has 2 rings (SSSR count). The van der Waals surface area contributed by atoms with Gasteiger partial charge in [0.2, 0.25) is 5.75 Å². The summed E-state index contributed by atoms with van der Waals surface area (Å²) in [4.78, 5) is 13.0. The molecule has 6 heteroatoms. The Morgan fingerprint density at radius 1 is 1.38 bits per heavy atom. The van der Waals surface area contributed by atoms with Crippen molar-refractivity contribution in [3.63, 3.8) is 0 Å². The molecular weight excluding hydrogens is 272 g/mol. The molecule has 0 saturated heterocycles. The van der Waals surface area contributed by atoms with Crippen LogP contribution < -0.4 is 15.2 Å². The number of phenols is 1. The third-order valence-corrected chi connectivity index (χ3v) is 3.16. The van der Waals surface area contributed by atoms with Gasteiger partial charge in [-0.15, -0.1) is 0 Å². The van der Waals surface area contributed by atoms with Crippen molar-refractivity contribution in [2.45, 2.75) is 26.8 Å². The van der Waals surface area contributed by atoms with Crippen LogP contribution in [-0.4, -0.2) is 35.8 Å². The molecule has 1 aliphatic heterocycles. The highest BCUT2D eigenvalue weighted by Crippen LogP contribution is 2.39. The molecule has 3 N–H and O–H groups in total. The maximum Gasteiger partial charge on any atom is 0.315 e. The number of benzene rings is 1. The fraction of sp³-hybridized carbons (Fsp3) is 0.533. The first-order chi connectivity index (χ1) is 9.97. The van der Waals surface area contributed by atoms with Crippen molar-refractivity contribution in [1.82, 2.24) is 4.90 Å². The van der Waals surface area contributed by atoms with Crippen LogP contribution in [0.15, 0.2) is 12.1 Å². The zero-order chi connectivity index (χ0) is 15.4. The monoisotopic (exact) mass is 294 g/mol. The Morgan fingerprint density at radius 3 is 2.76 bits per heavy atom. The molecule has 0 unspecified atom stereocenters. The van der Waals surface area contributed by atoms with E-state index in [0.29, 0.717) is 43.7 Å². The molecule has 1 aliphatic rings. The molecule has 2 amide bonds. The number of aromatic hydroxyl groups is 1. The molecule has 6 nitrogen and oxygen atoms in total.